The predicted octanol–water partition coefficient (Wildman–Crippen LogP) is 3.52. The number of aliphatic carboxylic acids is 1. The molecule has 1 atom stereocenters. The van der Waals surface area contributed by atoms with Crippen LogP contribution in [0, 0.1) is 0 Å². The zero-order valence-corrected chi connectivity index (χ0v) is 12.4. The number of fused-ring (bicyclic) bond motifs is 1. The zero-order valence-electron chi connectivity index (χ0n) is 10.8. The lowest BCUT2D eigenvalue weighted by Crippen LogP contribution is -2.21. The lowest BCUT2D eigenvalue weighted by atomic mass is 9.81. The molecule has 0 fully saturated rings. The largest absolute Gasteiger partial charge is 0.489 e. The maximum Gasteiger partial charge on any atom is 0.304 e. The molecule has 1 N–H and O–H groups in total. The molecular formula is C14H17BrO3. The Balaban J connectivity index is 2.40. The topological polar surface area (TPSA) is 46.5 Å². The fourth-order valence-corrected chi connectivity index (χ4v) is 2.95. The summed E-state index contributed by atoms with van der Waals surface area (Å²) in [7, 11) is 0. The molecule has 1 aromatic carbocycles. The number of hydrogen-bond donors (Lipinski definition) is 1. The van der Waals surface area contributed by atoms with Crippen LogP contribution >= 0.6 is 15.9 Å². The molecule has 2 rings (SSSR count). The van der Waals surface area contributed by atoms with Crippen molar-refractivity contribution in [2.45, 2.75) is 45.1 Å². The van der Waals surface area contributed by atoms with Crippen LogP contribution in [0.3, 0.4) is 0 Å². The Morgan fingerprint density at radius 2 is 2.22 bits per heavy atom. The zero-order chi connectivity index (χ0) is 13.5. The molecule has 1 aliphatic heterocycles. The quantitative estimate of drug-likeness (QED) is 0.928. The molecule has 1 aromatic rings. The summed E-state index contributed by atoms with van der Waals surface area (Å²) < 4.78 is 6.64. The lowest BCUT2D eigenvalue weighted by Gasteiger charge is -2.24. The van der Waals surface area contributed by atoms with E-state index in [0.717, 1.165) is 27.8 Å². The minimum Gasteiger partial charge on any atom is -0.489 e. The third-order valence-electron chi connectivity index (χ3n) is 3.32. The van der Waals surface area contributed by atoms with Crippen LogP contribution in [-0.4, -0.2) is 17.2 Å². The summed E-state index contributed by atoms with van der Waals surface area (Å²) in [6.45, 7) is 5.94. The van der Waals surface area contributed by atoms with E-state index in [0.29, 0.717) is 0 Å². The Labute approximate surface area is 115 Å². The number of ether oxygens (including phenoxy) is 1. The van der Waals surface area contributed by atoms with Gasteiger partial charge in [0.05, 0.1) is 10.9 Å². The highest BCUT2D eigenvalue weighted by Gasteiger charge is 2.29. The molecule has 4 heteroatoms. The van der Waals surface area contributed by atoms with E-state index in [1.54, 1.807) is 0 Å². The molecule has 0 aromatic heterocycles. The van der Waals surface area contributed by atoms with Crippen LogP contribution in [-0.2, 0) is 16.6 Å². The molecule has 0 amide bonds. The Bertz CT molecular complexity index is 494. The van der Waals surface area contributed by atoms with Crippen LogP contribution < -0.4 is 4.74 Å². The van der Waals surface area contributed by atoms with Gasteiger partial charge in [-0.1, -0.05) is 19.9 Å². The van der Waals surface area contributed by atoms with Gasteiger partial charge in [0.2, 0.25) is 0 Å². The van der Waals surface area contributed by atoms with Crippen molar-refractivity contribution < 1.29 is 14.6 Å². The summed E-state index contributed by atoms with van der Waals surface area (Å²) in [5.41, 5.74) is 1.81. The van der Waals surface area contributed by atoms with Crippen molar-refractivity contribution >= 4 is 21.9 Å². The third-order valence-corrected chi connectivity index (χ3v) is 3.91. The number of hydrogen-bond acceptors (Lipinski definition) is 2. The molecule has 1 heterocycles. The van der Waals surface area contributed by atoms with E-state index in [2.05, 4.69) is 22.0 Å². The normalized spacial score (nSPS) is 18.3. The van der Waals surface area contributed by atoms with Gasteiger partial charge in [-0.3, -0.25) is 4.79 Å². The Morgan fingerprint density at radius 3 is 2.83 bits per heavy atom. The van der Waals surface area contributed by atoms with Crippen LogP contribution in [0.25, 0.3) is 0 Å². The highest BCUT2D eigenvalue weighted by molar-refractivity contribution is 9.10. The molecule has 1 unspecified atom stereocenters. The molecule has 0 aliphatic carbocycles. The Morgan fingerprint density at radius 1 is 1.56 bits per heavy atom. The monoisotopic (exact) mass is 312 g/mol. The first-order valence-corrected chi connectivity index (χ1v) is 6.80. The molecule has 0 bridgehead atoms. The van der Waals surface area contributed by atoms with Gasteiger partial charge >= 0.3 is 5.97 Å². The van der Waals surface area contributed by atoms with Gasteiger partial charge in [-0.25, -0.2) is 0 Å². The van der Waals surface area contributed by atoms with E-state index in [-0.39, 0.29) is 17.9 Å². The predicted molar refractivity (Wildman–Crippen MR) is 73.2 cm³/mol. The molecule has 3 nitrogen and oxygen atoms in total. The SMILES string of the molecule is CC1Cc2cc(C(C)(C)CC(=O)O)cc(Br)c2O1. The first-order chi connectivity index (χ1) is 8.29. The summed E-state index contributed by atoms with van der Waals surface area (Å²) in [5.74, 6) is 0.124. The van der Waals surface area contributed by atoms with Crippen molar-refractivity contribution in [2.24, 2.45) is 0 Å². The number of rotatable bonds is 3. The number of benzene rings is 1. The van der Waals surface area contributed by atoms with Gasteiger partial charge in [0.1, 0.15) is 11.9 Å². The van der Waals surface area contributed by atoms with E-state index in [1.807, 2.05) is 26.8 Å². The molecule has 0 spiro atoms. The molecule has 18 heavy (non-hydrogen) atoms. The first kappa shape index (κ1) is 13.4. The smallest absolute Gasteiger partial charge is 0.304 e. The van der Waals surface area contributed by atoms with E-state index in [4.69, 9.17) is 9.84 Å². The highest BCUT2D eigenvalue weighted by Crippen LogP contribution is 2.40. The van der Waals surface area contributed by atoms with E-state index < -0.39 is 5.97 Å². The summed E-state index contributed by atoms with van der Waals surface area (Å²) >= 11 is 3.51. The fourth-order valence-electron chi connectivity index (χ4n) is 2.36. The van der Waals surface area contributed by atoms with E-state index in [1.165, 1.54) is 0 Å². The maximum atomic E-state index is 10.9. The lowest BCUT2D eigenvalue weighted by molar-refractivity contribution is -0.138. The van der Waals surface area contributed by atoms with Gasteiger partial charge < -0.3 is 9.84 Å². The average molecular weight is 313 g/mol. The van der Waals surface area contributed by atoms with Crippen LogP contribution in [0.5, 0.6) is 5.75 Å². The average Bonchev–Trinajstić information content (AvgIpc) is 2.57. The molecule has 98 valence electrons. The number of carboxylic acid groups (broad SMARTS) is 1. The van der Waals surface area contributed by atoms with E-state index >= 15 is 0 Å². The second kappa shape index (κ2) is 4.57. The number of carbonyl (C=O) groups is 1. The van der Waals surface area contributed by atoms with Crippen LogP contribution in [0.1, 0.15) is 38.3 Å². The van der Waals surface area contributed by atoms with Crippen molar-refractivity contribution in [3.8, 4) is 5.75 Å². The third kappa shape index (κ3) is 2.53. The van der Waals surface area contributed by atoms with Gasteiger partial charge in [-0.05, 0) is 40.0 Å². The highest BCUT2D eigenvalue weighted by atomic mass is 79.9. The second-order valence-electron chi connectivity index (χ2n) is 5.53. The van der Waals surface area contributed by atoms with Gasteiger partial charge in [-0.2, -0.15) is 0 Å². The van der Waals surface area contributed by atoms with Gasteiger partial charge in [-0.15, -0.1) is 0 Å². The van der Waals surface area contributed by atoms with Crippen molar-refractivity contribution in [3.63, 3.8) is 0 Å². The van der Waals surface area contributed by atoms with Gasteiger partial charge in [0, 0.05) is 11.8 Å². The molecular weight excluding hydrogens is 296 g/mol. The molecule has 1 aliphatic rings. The second-order valence-corrected chi connectivity index (χ2v) is 6.39. The first-order valence-electron chi connectivity index (χ1n) is 6.01. The summed E-state index contributed by atoms with van der Waals surface area (Å²) in [6.07, 6.45) is 1.19. The molecule has 0 saturated carbocycles. The minimum absolute atomic E-state index is 0.120. The summed E-state index contributed by atoms with van der Waals surface area (Å²) in [5, 5.41) is 8.98. The maximum absolute atomic E-state index is 10.9. The standard InChI is InChI=1S/C14H17BrO3/c1-8-4-9-5-10(6-11(15)13(9)18-8)14(2,3)7-12(16)17/h5-6,8H,4,7H2,1-3H3,(H,16,17). The number of carboxylic acids is 1. The van der Waals surface area contributed by atoms with Crippen LogP contribution in [0.2, 0.25) is 0 Å². The fraction of sp³-hybridized carbons (Fsp3) is 0.500. The van der Waals surface area contributed by atoms with Crippen LogP contribution in [0.4, 0.5) is 0 Å². The molecule has 0 saturated heterocycles. The summed E-state index contributed by atoms with van der Waals surface area (Å²) in [4.78, 5) is 10.9. The van der Waals surface area contributed by atoms with Crippen molar-refractivity contribution in [3.05, 3.63) is 27.7 Å². The van der Waals surface area contributed by atoms with Crippen molar-refractivity contribution in [2.75, 3.05) is 0 Å². The van der Waals surface area contributed by atoms with E-state index in [9.17, 15) is 4.79 Å². The van der Waals surface area contributed by atoms with Gasteiger partial charge in [0.15, 0.2) is 0 Å². The Hall–Kier alpha value is -1.03. The van der Waals surface area contributed by atoms with Gasteiger partial charge in [0.25, 0.3) is 0 Å². The number of halogens is 1. The molecule has 0 radical (unpaired) electrons. The summed E-state index contributed by atoms with van der Waals surface area (Å²) in [6, 6.07) is 4.05. The van der Waals surface area contributed by atoms with Crippen LogP contribution in [0.15, 0.2) is 16.6 Å². The Kier molecular flexibility index (Phi) is 3.41. The van der Waals surface area contributed by atoms with Crippen molar-refractivity contribution in [1.82, 2.24) is 0 Å². The minimum atomic E-state index is -0.777. The van der Waals surface area contributed by atoms with Crippen molar-refractivity contribution in [1.29, 1.82) is 0 Å².